The van der Waals surface area contributed by atoms with E-state index in [1.165, 1.54) is 0 Å². The molecule has 0 spiro atoms. The lowest BCUT2D eigenvalue weighted by atomic mass is 10.3. The fourth-order valence-corrected chi connectivity index (χ4v) is 2.24. The molecule has 2 aromatic rings. The quantitative estimate of drug-likeness (QED) is 0.710. The molecule has 3 rings (SSSR count). The summed E-state index contributed by atoms with van der Waals surface area (Å²) in [6.07, 6.45) is 4.65. The van der Waals surface area contributed by atoms with Crippen LogP contribution in [0.5, 0.6) is 0 Å². The first-order valence-corrected chi connectivity index (χ1v) is 6.79. The minimum absolute atomic E-state index is 0.0586. The number of anilines is 2. The van der Waals surface area contributed by atoms with Crippen molar-refractivity contribution in [3.05, 3.63) is 18.5 Å². The maximum Gasteiger partial charge on any atom is 0.224 e. The molecule has 4 N–H and O–H groups in total. The number of imidazole rings is 1. The molecule has 0 aliphatic carbocycles. The van der Waals surface area contributed by atoms with Gasteiger partial charge in [-0.3, -0.25) is 4.57 Å². The molecule has 1 aliphatic rings. The molecular weight excluding hydrogens is 272 g/mol. The smallest absolute Gasteiger partial charge is 0.224 e. The third-order valence-corrected chi connectivity index (χ3v) is 3.12. The first-order valence-electron chi connectivity index (χ1n) is 6.79. The lowest BCUT2D eigenvalue weighted by Crippen LogP contribution is -2.16. The molecule has 0 amide bonds. The molecule has 0 aromatic carbocycles. The molecule has 0 saturated carbocycles. The molecule has 112 valence electrons. The highest BCUT2D eigenvalue weighted by Gasteiger charge is 2.23. The van der Waals surface area contributed by atoms with Crippen molar-refractivity contribution < 1.29 is 9.84 Å². The average molecular weight is 290 g/mol. The van der Waals surface area contributed by atoms with Gasteiger partial charge in [0, 0.05) is 6.04 Å². The normalized spacial score (nSPS) is 21.5. The van der Waals surface area contributed by atoms with E-state index >= 15 is 0 Å². The number of aliphatic hydroxyl groups is 1. The van der Waals surface area contributed by atoms with Gasteiger partial charge in [0.2, 0.25) is 5.95 Å². The molecule has 0 radical (unpaired) electrons. The summed E-state index contributed by atoms with van der Waals surface area (Å²) in [7, 11) is 0. The molecule has 21 heavy (non-hydrogen) atoms. The van der Waals surface area contributed by atoms with Crippen LogP contribution in [0.25, 0.3) is 11.2 Å². The number of hydrogen-bond donors (Lipinski definition) is 3. The molecule has 2 atom stereocenters. The molecule has 8 nitrogen and oxygen atoms in total. The Kier molecular flexibility index (Phi) is 3.48. The first-order chi connectivity index (χ1) is 10.1. The summed E-state index contributed by atoms with van der Waals surface area (Å²) < 4.78 is 7.43. The summed E-state index contributed by atoms with van der Waals surface area (Å²) in [5.74, 6) is 0.778. The standard InChI is InChI=1S/C13H18N6O2/c1-7(2)16-11-10-12(18-13(14)17-11)19(6-15-10)9-4-3-8(5-20)21-9/h3-4,6-9,20H,5H2,1-2H3,(H3,14,16,17,18)/t8-,9+/m0/s1. The van der Waals surface area contributed by atoms with Crippen molar-refractivity contribution in [1.29, 1.82) is 0 Å². The van der Waals surface area contributed by atoms with Crippen LogP contribution in [-0.4, -0.2) is 43.4 Å². The number of nitrogens with one attached hydrogen (secondary N) is 1. The Balaban J connectivity index is 2.02. The Morgan fingerprint density at radius 2 is 2.24 bits per heavy atom. The maximum atomic E-state index is 9.13. The Labute approximate surface area is 121 Å². The summed E-state index contributed by atoms with van der Waals surface area (Å²) in [5, 5.41) is 12.3. The highest BCUT2D eigenvalue weighted by molar-refractivity contribution is 5.84. The number of nitrogens with zero attached hydrogens (tertiary/aromatic N) is 4. The highest BCUT2D eigenvalue weighted by Crippen LogP contribution is 2.27. The van der Waals surface area contributed by atoms with Crippen molar-refractivity contribution in [2.24, 2.45) is 0 Å². The van der Waals surface area contributed by atoms with Gasteiger partial charge in [-0.1, -0.05) is 6.08 Å². The molecule has 0 bridgehead atoms. The fraction of sp³-hybridized carbons (Fsp3) is 0.462. The van der Waals surface area contributed by atoms with Gasteiger partial charge in [-0.2, -0.15) is 9.97 Å². The maximum absolute atomic E-state index is 9.13. The molecule has 0 fully saturated rings. The van der Waals surface area contributed by atoms with Crippen LogP contribution in [0.4, 0.5) is 11.8 Å². The van der Waals surface area contributed by atoms with Crippen LogP contribution < -0.4 is 11.1 Å². The number of rotatable bonds is 4. The number of aromatic nitrogens is 4. The largest absolute Gasteiger partial charge is 0.393 e. The molecular formula is C13H18N6O2. The van der Waals surface area contributed by atoms with Crippen molar-refractivity contribution in [3.8, 4) is 0 Å². The summed E-state index contributed by atoms with van der Waals surface area (Å²) in [4.78, 5) is 12.8. The van der Waals surface area contributed by atoms with E-state index in [1.807, 2.05) is 26.0 Å². The van der Waals surface area contributed by atoms with E-state index in [-0.39, 0.29) is 30.9 Å². The van der Waals surface area contributed by atoms with Crippen LogP contribution in [-0.2, 0) is 4.74 Å². The number of hydrogen-bond acceptors (Lipinski definition) is 7. The van der Waals surface area contributed by atoms with Crippen LogP contribution in [0.2, 0.25) is 0 Å². The summed E-state index contributed by atoms with van der Waals surface area (Å²) >= 11 is 0. The van der Waals surface area contributed by atoms with Gasteiger partial charge in [-0.05, 0) is 19.9 Å². The topological polar surface area (TPSA) is 111 Å². The van der Waals surface area contributed by atoms with Crippen LogP contribution in [0.15, 0.2) is 18.5 Å². The average Bonchev–Trinajstić information content (AvgIpc) is 3.03. The molecule has 1 aliphatic heterocycles. The second-order valence-electron chi connectivity index (χ2n) is 5.19. The van der Waals surface area contributed by atoms with Crippen molar-refractivity contribution in [1.82, 2.24) is 19.5 Å². The second kappa shape index (κ2) is 5.30. The number of fused-ring (bicyclic) bond motifs is 1. The van der Waals surface area contributed by atoms with Crippen LogP contribution in [0.1, 0.15) is 20.1 Å². The molecule has 0 saturated heterocycles. The van der Waals surface area contributed by atoms with E-state index in [0.29, 0.717) is 17.0 Å². The predicted molar refractivity (Wildman–Crippen MR) is 78.6 cm³/mol. The van der Waals surface area contributed by atoms with E-state index in [1.54, 1.807) is 10.9 Å². The Morgan fingerprint density at radius 3 is 2.90 bits per heavy atom. The Morgan fingerprint density at radius 1 is 1.43 bits per heavy atom. The van der Waals surface area contributed by atoms with Crippen molar-refractivity contribution in [2.45, 2.75) is 32.2 Å². The van der Waals surface area contributed by atoms with Crippen molar-refractivity contribution >= 4 is 22.9 Å². The van der Waals surface area contributed by atoms with Crippen LogP contribution >= 0.6 is 0 Å². The third-order valence-electron chi connectivity index (χ3n) is 3.12. The zero-order valence-corrected chi connectivity index (χ0v) is 11.9. The van der Waals surface area contributed by atoms with Gasteiger partial charge < -0.3 is 20.9 Å². The molecule has 2 aromatic heterocycles. The first kappa shape index (κ1) is 13.8. The lowest BCUT2D eigenvalue weighted by molar-refractivity contribution is -0.00638. The Hall–Kier alpha value is -2.19. The molecule has 0 unspecified atom stereocenters. The zero-order chi connectivity index (χ0) is 15.0. The Bertz CT molecular complexity index is 681. The number of aliphatic hydroxyl groups excluding tert-OH is 1. The van der Waals surface area contributed by atoms with Gasteiger partial charge in [0.1, 0.15) is 6.10 Å². The summed E-state index contributed by atoms with van der Waals surface area (Å²) in [5.41, 5.74) is 7.02. The van der Waals surface area contributed by atoms with Crippen molar-refractivity contribution in [2.75, 3.05) is 17.7 Å². The second-order valence-corrected chi connectivity index (χ2v) is 5.19. The van der Waals surface area contributed by atoms with Gasteiger partial charge in [0.05, 0.1) is 12.9 Å². The summed E-state index contributed by atoms with van der Waals surface area (Å²) in [6, 6.07) is 0.203. The number of nitrogens with two attached hydrogens (primary N) is 1. The van der Waals surface area contributed by atoms with E-state index in [2.05, 4.69) is 20.3 Å². The minimum atomic E-state index is -0.353. The van der Waals surface area contributed by atoms with E-state index in [9.17, 15) is 0 Å². The van der Waals surface area contributed by atoms with Gasteiger partial charge in [0.25, 0.3) is 0 Å². The van der Waals surface area contributed by atoms with Gasteiger partial charge in [0.15, 0.2) is 23.2 Å². The fourth-order valence-electron chi connectivity index (χ4n) is 2.24. The van der Waals surface area contributed by atoms with E-state index in [4.69, 9.17) is 15.6 Å². The van der Waals surface area contributed by atoms with Gasteiger partial charge >= 0.3 is 0 Å². The molecule has 3 heterocycles. The van der Waals surface area contributed by atoms with Crippen LogP contribution in [0.3, 0.4) is 0 Å². The monoisotopic (exact) mass is 290 g/mol. The SMILES string of the molecule is CC(C)Nc1nc(N)nc2c1ncn2[C@H]1C=C[C@@H](CO)O1. The molecule has 8 heteroatoms. The van der Waals surface area contributed by atoms with Crippen LogP contribution in [0, 0.1) is 0 Å². The lowest BCUT2D eigenvalue weighted by Gasteiger charge is -2.14. The van der Waals surface area contributed by atoms with Gasteiger partial charge in [-0.15, -0.1) is 0 Å². The van der Waals surface area contributed by atoms with Crippen molar-refractivity contribution in [3.63, 3.8) is 0 Å². The van der Waals surface area contributed by atoms with E-state index in [0.717, 1.165) is 0 Å². The summed E-state index contributed by atoms with van der Waals surface area (Å²) in [6.45, 7) is 3.96. The van der Waals surface area contributed by atoms with Gasteiger partial charge in [-0.25, -0.2) is 4.98 Å². The minimum Gasteiger partial charge on any atom is -0.393 e. The third kappa shape index (κ3) is 2.55. The zero-order valence-electron chi connectivity index (χ0n) is 11.9. The highest BCUT2D eigenvalue weighted by atomic mass is 16.5. The van der Waals surface area contributed by atoms with E-state index < -0.39 is 0 Å². The number of ether oxygens (including phenoxy) is 1. The number of nitrogen functional groups attached to an aromatic ring is 1. The predicted octanol–water partition coefficient (Wildman–Crippen LogP) is 0.675.